The summed E-state index contributed by atoms with van der Waals surface area (Å²) in [5.74, 6) is 0. The molecule has 0 spiro atoms. The summed E-state index contributed by atoms with van der Waals surface area (Å²) in [5.41, 5.74) is 0.783. The van der Waals surface area contributed by atoms with Gasteiger partial charge in [-0.15, -0.1) is 0 Å². The number of ether oxygens (including phenoxy) is 2. The van der Waals surface area contributed by atoms with Gasteiger partial charge in [0.1, 0.15) is 0 Å². The van der Waals surface area contributed by atoms with Crippen molar-refractivity contribution < 1.29 is 14.3 Å². The molecular formula is C18H26ClN3O3S. The summed E-state index contributed by atoms with van der Waals surface area (Å²) < 4.78 is 10.3. The molecule has 0 bridgehead atoms. The minimum atomic E-state index is -0.244. The third kappa shape index (κ3) is 5.72. The van der Waals surface area contributed by atoms with Crippen LogP contribution in [0.3, 0.4) is 0 Å². The molecule has 0 aliphatic carbocycles. The monoisotopic (exact) mass is 399 g/mol. The fourth-order valence-electron chi connectivity index (χ4n) is 2.96. The van der Waals surface area contributed by atoms with Crippen LogP contribution in [0.1, 0.15) is 19.8 Å². The average molecular weight is 400 g/mol. The number of halogens is 1. The number of rotatable bonds is 6. The molecule has 26 heavy (non-hydrogen) atoms. The first kappa shape index (κ1) is 20.7. The number of anilines is 1. The van der Waals surface area contributed by atoms with E-state index in [1.54, 1.807) is 12.0 Å². The quantitative estimate of drug-likeness (QED) is 0.737. The number of piperidine rings is 1. The zero-order chi connectivity index (χ0) is 18.9. The molecule has 1 N–H and O–H groups in total. The van der Waals surface area contributed by atoms with Crippen molar-refractivity contribution >= 4 is 40.7 Å². The lowest BCUT2D eigenvalue weighted by Gasteiger charge is -2.39. The van der Waals surface area contributed by atoms with Gasteiger partial charge in [-0.05, 0) is 44.1 Å². The van der Waals surface area contributed by atoms with Gasteiger partial charge in [0.05, 0.1) is 23.9 Å². The van der Waals surface area contributed by atoms with E-state index in [-0.39, 0.29) is 12.1 Å². The van der Waals surface area contributed by atoms with Gasteiger partial charge in [0, 0.05) is 32.8 Å². The molecule has 2 rings (SSSR count). The molecule has 1 saturated heterocycles. The Labute approximate surface area is 165 Å². The standard InChI is InChI=1S/C18H26ClN3O3S/c1-3-25-18(23)21-10-8-14(9-11-21)22(12-13-24-2)17(26)20-16-7-5-4-6-15(16)19/h4-7,14H,3,8-13H2,1-2H3,(H,20,26). The number of para-hydroxylation sites is 1. The number of thiocarbonyl (C=S) groups is 1. The van der Waals surface area contributed by atoms with Crippen molar-refractivity contribution in [3.8, 4) is 0 Å². The fraction of sp³-hybridized carbons (Fsp3) is 0.556. The number of likely N-dealkylation sites (tertiary alicyclic amines) is 1. The van der Waals surface area contributed by atoms with E-state index in [2.05, 4.69) is 10.2 Å². The Morgan fingerprint density at radius 1 is 1.38 bits per heavy atom. The molecule has 1 fully saturated rings. The molecule has 144 valence electrons. The lowest BCUT2D eigenvalue weighted by atomic mass is 10.0. The predicted octanol–water partition coefficient (Wildman–Crippen LogP) is 3.61. The Kier molecular flexibility index (Phi) is 8.41. The van der Waals surface area contributed by atoms with Gasteiger partial charge in [0.25, 0.3) is 0 Å². The van der Waals surface area contributed by atoms with Gasteiger partial charge in [-0.2, -0.15) is 0 Å². The van der Waals surface area contributed by atoms with Gasteiger partial charge in [-0.25, -0.2) is 4.79 Å². The molecule has 0 atom stereocenters. The minimum Gasteiger partial charge on any atom is -0.450 e. The predicted molar refractivity (Wildman–Crippen MR) is 108 cm³/mol. The molecule has 6 nitrogen and oxygen atoms in total. The van der Waals surface area contributed by atoms with E-state index < -0.39 is 0 Å². The highest BCUT2D eigenvalue weighted by Gasteiger charge is 2.28. The number of methoxy groups -OCH3 is 1. The van der Waals surface area contributed by atoms with Gasteiger partial charge in [0.15, 0.2) is 5.11 Å². The second kappa shape index (κ2) is 10.5. The highest BCUT2D eigenvalue weighted by molar-refractivity contribution is 7.80. The van der Waals surface area contributed by atoms with Crippen molar-refractivity contribution in [2.45, 2.75) is 25.8 Å². The van der Waals surface area contributed by atoms with Crippen LogP contribution < -0.4 is 5.32 Å². The number of hydrogen-bond donors (Lipinski definition) is 1. The highest BCUT2D eigenvalue weighted by atomic mass is 35.5. The Bertz CT molecular complexity index is 609. The first-order valence-corrected chi connectivity index (χ1v) is 9.58. The summed E-state index contributed by atoms with van der Waals surface area (Å²) in [4.78, 5) is 15.8. The van der Waals surface area contributed by atoms with Crippen LogP contribution in [0.5, 0.6) is 0 Å². The van der Waals surface area contributed by atoms with Crippen LogP contribution in [0.2, 0.25) is 5.02 Å². The second-order valence-electron chi connectivity index (χ2n) is 6.01. The minimum absolute atomic E-state index is 0.235. The van der Waals surface area contributed by atoms with Crippen LogP contribution in [0.15, 0.2) is 24.3 Å². The Morgan fingerprint density at radius 3 is 2.69 bits per heavy atom. The molecule has 1 aliphatic heterocycles. The summed E-state index contributed by atoms with van der Waals surface area (Å²) in [6, 6.07) is 7.74. The second-order valence-corrected chi connectivity index (χ2v) is 6.81. The van der Waals surface area contributed by atoms with Crippen LogP contribution >= 0.6 is 23.8 Å². The Morgan fingerprint density at radius 2 is 2.08 bits per heavy atom. The molecule has 1 aromatic rings. The summed E-state index contributed by atoms with van der Waals surface area (Å²) in [7, 11) is 1.67. The topological polar surface area (TPSA) is 54.0 Å². The zero-order valence-corrected chi connectivity index (χ0v) is 16.8. The van der Waals surface area contributed by atoms with E-state index in [4.69, 9.17) is 33.3 Å². The smallest absolute Gasteiger partial charge is 0.409 e. The lowest BCUT2D eigenvalue weighted by Crippen LogP contribution is -2.50. The largest absolute Gasteiger partial charge is 0.450 e. The van der Waals surface area contributed by atoms with E-state index >= 15 is 0 Å². The van der Waals surface area contributed by atoms with E-state index in [1.807, 2.05) is 31.2 Å². The molecule has 0 unspecified atom stereocenters. The summed E-state index contributed by atoms with van der Waals surface area (Å²) in [6.07, 6.45) is 1.41. The first-order chi connectivity index (χ1) is 12.6. The molecular weight excluding hydrogens is 374 g/mol. The Balaban J connectivity index is 1.99. The number of amides is 1. The molecule has 0 radical (unpaired) electrons. The van der Waals surface area contributed by atoms with Crippen molar-refractivity contribution in [2.24, 2.45) is 0 Å². The Hall–Kier alpha value is -1.57. The fourth-order valence-corrected chi connectivity index (χ4v) is 3.50. The number of nitrogens with zero attached hydrogens (tertiary/aromatic N) is 2. The average Bonchev–Trinajstić information content (AvgIpc) is 2.64. The number of benzene rings is 1. The molecule has 1 heterocycles. The van der Waals surface area contributed by atoms with Crippen molar-refractivity contribution in [2.75, 3.05) is 45.3 Å². The molecule has 0 aromatic heterocycles. The first-order valence-electron chi connectivity index (χ1n) is 8.79. The number of hydrogen-bond acceptors (Lipinski definition) is 4. The normalized spacial score (nSPS) is 14.8. The maximum Gasteiger partial charge on any atom is 0.409 e. The van der Waals surface area contributed by atoms with Crippen LogP contribution in [-0.2, 0) is 9.47 Å². The van der Waals surface area contributed by atoms with Gasteiger partial charge < -0.3 is 24.6 Å². The number of carbonyl (C=O) groups is 1. The van der Waals surface area contributed by atoms with Crippen LogP contribution in [0, 0.1) is 0 Å². The summed E-state index contributed by atoms with van der Waals surface area (Å²) in [6.45, 7) is 4.77. The SMILES string of the molecule is CCOC(=O)N1CCC(N(CCOC)C(=S)Nc2ccccc2Cl)CC1. The van der Waals surface area contributed by atoms with Crippen molar-refractivity contribution in [3.63, 3.8) is 0 Å². The molecule has 1 amide bonds. The van der Waals surface area contributed by atoms with E-state index in [1.165, 1.54) is 0 Å². The van der Waals surface area contributed by atoms with E-state index in [0.29, 0.717) is 43.0 Å². The maximum atomic E-state index is 11.9. The summed E-state index contributed by atoms with van der Waals surface area (Å²) in [5, 5.41) is 4.47. The van der Waals surface area contributed by atoms with Crippen LogP contribution in [0.4, 0.5) is 10.5 Å². The molecule has 0 saturated carbocycles. The lowest BCUT2D eigenvalue weighted by molar-refractivity contribution is 0.0829. The third-order valence-corrected chi connectivity index (χ3v) is 5.01. The van der Waals surface area contributed by atoms with Gasteiger partial charge in [0.2, 0.25) is 0 Å². The van der Waals surface area contributed by atoms with Crippen LogP contribution in [0.25, 0.3) is 0 Å². The maximum absolute atomic E-state index is 11.9. The molecule has 8 heteroatoms. The number of carbonyl (C=O) groups excluding carboxylic acids is 1. The molecule has 1 aliphatic rings. The number of nitrogens with one attached hydrogen (secondary N) is 1. The van der Waals surface area contributed by atoms with Crippen molar-refractivity contribution in [3.05, 3.63) is 29.3 Å². The van der Waals surface area contributed by atoms with E-state index in [9.17, 15) is 4.79 Å². The zero-order valence-electron chi connectivity index (χ0n) is 15.2. The molecule has 1 aromatic carbocycles. The highest BCUT2D eigenvalue weighted by Crippen LogP contribution is 2.23. The van der Waals surface area contributed by atoms with Gasteiger partial charge >= 0.3 is 6.09 Å². The third-order valence-electron chi connectivity index (χ3n) is 4.34. The van der Waals surface area contributed by atoms with Crippen molar-refractivity contribution in [1.82, 2.24) is 9.80 Å². The van der Waals surface area contributed by atoms with Gasteiger partial charge in [-0.3, -0.25) is 0 Å². The van der Waals surface area contributed by atoms with Crippen molar-refractivity contribution in [1.29, 1.82) is 0 Å². The van der Waals surface area contributed by atoms with Gasteiger partial charge in [-0.1, -0.05) is 23.7 Å². The van der Waals surface area contributed by atoms with Crippen LogP contribution in [-0.4, -0.2) is 67.0 Å². The van der Waals surface area contributed by atoms with E-state index in [0.717, 1.165) is 18.5 Å². The summed E-state index contributed by atoms with van der Waals surface area (Å²) >= 11 is 11.9.